The van der Waals surface area contributed by atoms with Gasteiger partial charge in [0.15, 0.2) is 0 Å². The highest BCUT2D eigenvalue weighted by Crippen LogP contribution is 2.20. The number of nitrogens with one attached hydrogen (secondary N) is 3. The Morgan fingerprint density at radius 2 is 1.60 bits per heavy atom. The van der Waals surface area contributed by atoms with Crippen molar-refractivity contribution >= 4 is 38.8 Å². The van der Waals surface area contributed by atoms with Gasteiger partial charge < -0.3 is 5.43 Å². The Morgan fingerprint density at radius 3 is 2.33 bits per heavy atom. The van der Waals surface area contributed by atoms with Gasteiger partial charge in [0.25, 0.3) is 15.9 Å². The zero-order valence-electron chi connectivity index (χ0n) is 16.1. The minimum absolute atomic E-state index is 0.0360. The van der Waals surface area contributed by atoms with Gasteiger partial charge in [-0.1, -0.05) is 54.1 Å². The summed E-state index contributed by atoms with van der Waals surface area (Å²) in [6.07, 6.45) is 1.66. The Balaban J connectivity index is 1.69. The Labute approximate surface area is 180 Å². The molecule has 0 atom stereocenters. The minimum atomic E-state index is -3.88. The fourth-order valence-corrected chi connectivity index (χ4v) is 3.92. The molecule has 0 aliphatic rings. The number of carbonyl (C=O) groups is 1. The van der Waals surface area contributed by atoms with E-state index < -0.39 is 15.9 Å². The maximum atomic E-state index is 12.6. The van der Waals surface area contributed by atoms with Crippen molar-refractivity contribution in [1.29, 1.82) is 0 Å². The van der Waals surface area contributed by atoms with E-state index >= 15 is 0 Å². The molecule has 3 aromatic carbocycles. The normalized spacial score (nSPS) is 11.6. The average molecular weight is 442 g/mol. The van der Waals surface area contributed by atoms with Crippen LogP contribution in [0.15, 0.2) is 90.0 Å². The summed E-state index contributed by atoms with van der Waals surface area (Å²) in [5, 5.41) is 0.410. The highest BCUT2D eigenvalue weighted by molar-refractivity contribution is 7.92. The lowest BCUT2D eigenvalue weighted by Gasteiger charge is -2.10. The first-order valence-corrected chi connectivity index (χ1v) is 10.9. The summed E-state index contributed by atoms with van der Waals surface area (Å²) in [5.41, 5.74) is 7.75. The van der Waals surface area contributed by atoms with Crippen LogP contribution in [0.1, 0.15) is 22.8 Å². The standard InChI is InChI=1S/C22H20ClN3O3S/c1-16(17-7-3-2-4-8-17)15-24-25-22(27)18-9-5-12-21(13-18)30(28,29)26-20-11-6-10-19(23)14-20/h2-15,24,26H,1H3,(H,25,27)/b16-15-. The number of amides is 1. The molecule has 8 heteroatoms. The number of hydrazine groups is 1. The quantitative estimate of drug-likeness (QED) is 0.473. The lowest BCUT2D eigenvalue weighted by atomic mass is 10.1. The Hall–Kier alpha value is -3.29. The first kappa shape index (κ1) is 21.4. The van der Waals surface area contributed by atoms with E-state index in [0.717, 1.165) is 11.1 Å². The molecule has 0 spiro atoms. The summed E-state index contributed by atoms with van der Waals surface area (Å²) in [4.78, 5) is 12.4. The smallest absolute Gasteiger partial charge is 0.269 e. The van der Waals surface area contributed by atoms with Crippen LogP contribution in [0.25, 0.3) is 5.57 Å². The van der Waals surface area contributed by atoms with Gasteiger partial charge in [0.2, 0.25) is 0 Å². The maximum Gasteiger partial charge on any atom is 0.269 e. The van der Waals surface area contributed by atoms with E-state index in [1.807, 2.05) is 37.3 Å². The molecule has 154 valence electrons. The molecule has 3 N–H and O–H groups in total. The zero-order valence-corrected chi connectivity index (χ0v) is 17.7. The van der Waals surface area contributed by atoms with Gasteiger partial charge in [0.05, 0.1) is 10.6 Å². The summed E-state index contributed by atoms with van der Waals surface area (Å²) in [6.45, 7) is 1.91. The summed E-state index contributed by atoms with van der Waals surface area (Å²) < 4.78 is 27.7. The fraction of sp³-hybridized carbons (Fsp3) is 0.0455. The highest BCUT2D eigenvalue weighted by Gasteiger charge is 2.16. The lowest BCUT2D eigenvalue weighted by molar-refractivity contribution is 0.0941. The minimum Gasteiger partial charge on any atom is -0.305 e. The van der Waals surface area contributed by atoms with E-state index in [0.29, 0.717) is 10.7 Å². The van der Waals surface area contributed by atoms with Crippen LogP contribution in [-0.2, 0) is 10.0 Å². The Kier molecular flexibility index (Phi) is 6.76. The van der Waals surface area contributed by atoms with Crippen LogP contribution in [-0.4, -0.2) is 14.3 Å². The molecule has 1 amide bonds. The van der Waals surface area contributed by atoms with Crippen LogP contribution in [0.2, 0.25) is 5.02 Å². The van der Waals surface area contributed by atoms with Crippen LogP contribution in [0, 0.1) is 0 Å². The molecule has 30 heavy (non-hydrogen) atoms. The number of hydrogen-bond donors (Lipinski definition) is 3. The van der Waals surface area contributed by atoms with Crippen molar-refractivity contribution in [2.45, 2.75) is 11.8 Å². The van der Waals surface area contributed by atoms with Gasteiger partial charge in [0.1, 0.15) is 0 Å². The molecule has 0 heterocycles. The molecule has 0 saturated heterocycles. The first-order chi connectivity index (χ1) is 14.3. The fourth-order valence-electron chi connectivity index (χ4n) is 2.64. The van der Waals surface area contributed by atoms with E-state index in [1.165, 1.54) is 30.3 Å². The van der Waals surface area contributed by atoms with Crippen molar-refractivity contribution < 1.29 is 13.2 Å². The van der Waals surface area contributed by atoms with Gasteiger partial charge in [-0.3, -0.25) is 14.9 Å². The summed E-state index contributed by atoms with van der Waals surface area (Å²) in [5.74, 6) is -0.466. The topological polar surface area (TPSA) is 87.3 Å². The van der Waals surface area contributed by atoms with E-state index in [1.54, 1.807) is 24.4 Å². The molecular formula is C22H20ClN3O3S. The lowest BCUT2D eigenvalue weighted by Crippen LogP contribution is -2.33. The SMILES string of the molecule is C/C(=C/NNC(=O)c1cccc(S(=O)(=O)Nc2cccc(Cl)c2)c1)c1ccccc1. The van der Waals surface area contributed by atoms with Gasteiger partial charge >= 0.3 is 0 Å². The van der Waals surface area contributed by atoms with Crippen LogP contribution in [0.5, 0.6) is 0 Å². The van der Waals surface area contributed by atoms with Crippen molar-refractivity contribution in [2.24, 2.45) is 0 Å². The second-order valence-corrected chi connectivity index (χ2v) is 8.55. The highest BCUT2D eigenvalue weighted by atomic mass is 35.5. The van der Waals surface area contributed by atoms with E-state index in [2.05, 4.69) is 15.6 Å². The maximum absolute atomic E-state index is 12.6. The van der Waals surface area contributed by atoms with Crippen molar-refractivity contribution in [3.05, 3.63) is 101 Å². The third-order valence-electron chi connectivity index (χ3n) is 4.19. The Bertz CT molecular complexity index is 1180. The average Bonchev–Trinajstić information content (AvgIpc) is 2.74. The summed E-state index contributed by atoms with van der Waals surface area (Å²) in [7, 11) is -3.88. The van der Waals surface area contributed by atoms with Gasteiger partial charge in [-0.25, -0.2) is 8.42 Å². The Morgan fingerprint density at radius 1 is 0.900 bits per heavy atom. The molecule has 6 nitrogen and oxygen atoms in total. The molecule has 0 aromatic heterocycles. The number of sulfonamides is 1. The molecular weight excluding hydrogens is 422 g/mol. The van der Waals surface area contributed by atoms with Crippen LogP contribution in [0.4, 0.5) is 5.69 Å². The third-order valence-corrected chi connectivity index (χ3v) is 5.80. The number of benzene rings is 3. The van der Waals surface area contributed by atoms with E-state index in [-0.39, 0.29) is 10.5 Å². The van der Waals surface area contributed by atoms with Gasteiger partial charge in [-0.2, -0.15) is 0 Å². The van der Waals surface area contributed by atoms with Gasteiger partial charge in [-0.15, -0.1) is 0 Å². The van der Waals surface area contributed by atoms with Gasteiger partial charge in [0, 0.05) is 16.8 Å². The third kappa shape index (κ3) is 5.62. The van der Waals surface area contributed by atoms with E-state index in [4.69, 9.17) is 11.6 Å². The molecule has 0 saturated carbocycles. The number of carbonyl (C=O) groups excluding carboxylic acids is 1. The summed E-state index contributed by atoms with van der Waals surface area (Å²) >= 11 is 5.90. The molecule has 3 aromatic rings. The van der Waals surface area contributed by atoms with Crippen molar-refractivity contribution in [3.8, 4) is 0 Å². The predicted molar refractivity (Wildman–Crippen MR) is 119 cm³/mol. The van der Waals surface area contributed by atoms with Crippen molar-refractivity contribution in [3.63, 3.8) is 0 Å². The molecule has 0 radical (unpaired) electrons. The molecule has 0 fully saturated rings. The molecule has 3 rings (SSSR count). The number of halogens is 1. The van der Waals surface area contributed by atoms with Crippen molar-refractivity contribution in [2.75, 3.05) is 4.72 Å². The predicted octanol–water partition coefficient (Wildman–Crippen LogP) is 4.44. The molecule has 0 bridgehead atoms. The van der Waals surface area contributed by atoms with Crippen LogP contribution < -0.4 is 15.6 Å². The monoisotopic (exact) mass is 441 g/mol. The van der Waals surface area contributed by atoms with Crippen LogP contribution >= 0.6 is 11.6 Å². The van der Waals surface area contributed by atoms with E-state index in [9.17, 15) is 13.2 Å². The molecule has 0 aliphatic carbocycles. The second kappa shape index (κ2) is 9.47. The molecule has 0 unspecified atom stereocenters. The first-order valence-electron chi connectivity index (χ1n) is 9.02. The molecule has 0 aliphatic heterocycles. The number of anilines is 1. The summed E-state index contributed by atoms with van der Waals surface area (Å²) in [6, 6.07) is 21.8. The van der Waals surface area contributed by atoms with Crippen molar-refractivity contribution in [1.82, 2.24) is 10.9 Å². The largest absolute Gasteiger partial charge is 0.305 e. The van der Waals surface area contributed by atoms with Crippen LogP contribution in [0.3, 0.4) is 0 Å². The number of rotatable bonds is 7. The van der Waals surface area contributed by atoms with Gasteiger partial charge in [-0.05, 0) is 54.5 Å². The number of hydrogen-bond acceptors (Lipinski definition) is 4. The number of allylic oxidation sites excluding steroid dienone is 1. The second-order valence-electron chi connectivity index (χ2n) is 6.44. The zero-order chi connectivity index (χ0) is 21.6.